The number of benzene rings is 1. The Morgan fingerprint density at radius 1 is 1.32 bits per heavy atom. The Kier molecular flexibility index (Phi) is 6.87. The molecule has 0 aliphatic carbocycles. The quantitative estimate of drug-likeness (QED) is 0.762. The molecule has 0 radical (unpaired) electrons. The summed E-state index contributed by atoms with van der Waals surface area (Å²) in [5, 5.41) is 2.74. The standard InChI is InChI=1S/C10H18N2O3.C6H5Br/c1-7-5-12(6-8(13)11-7)9(14)15-10(2,3)4;7-6-4-2-1-3-5-6/h7H,5-6H2,1-4H3,(H,11,13);1-5H. The van der Waals surface area contributed by atoms with E-state index in [4.69, 9.17) is 4.74 Å². The first kappa shape index (κ1) is 18.5. The van der Waals surface area contributed by atoms with Crippen molar-refractivity contribution in [3.63, 3.8) is 0 Å². The Morgan fingerprint density at radius 3 is 2.32 bits per heavy atom. The van der Waals surface area contributed by atoms with E-state index in [2.05, 4.69) is 21.2 Å². The van der Waals surface area contributed by atoms with Crippen molar-refractivity contribution in [2.75, 3.05) is 13.1 Å². The van der Waals surface area contributed by atoms with Crippen LogP contribution in [0.25, 0.3) is 0 Å². The van der Waals surface area contributed by atoms with Gasteiger partial charge in [-0.05, 0) is 39.8 Å². The molecule has 1 unspecified atom stereocenters. The smallest absolute Gasteiger partial charge is 0.410 e. The average Bonchev–Trinajstić information content (AvgIpc) is 2.37. The van der Waals surface area contributed by atoms with Gasteiger partial charge in [-0.25, -0.2) is 4.79 Å². The molecule has 1 N–H and O–H groups in total. The Hall–Kier alpha value is -1.56. The van der Waals surface area contributed by atoms with E-state index in [0.717, 1.165) is 4.47 Å². The van der Waals surface area contributed by atoms with E-state index in [1.807, 2.05) is 37.3 Å². The largest absolute Gasteiger partial charge is 0.444 e. The maximum Gasteiger partial charge on any atom is 0.410 e. The lowest BCUT2D eigenvalue weighted by Crippen LogP contribution is -2.55. The minimum absolute atomic E-state index is 0.0150. The molecular weight excluding hydrogens is 348 g/mol. The summed E-state index contributed by atoms with van der Waals surface area (Å²) >= 11 is 3.31. The number of carbonyl (C=O) groups excluding carboxylic acids is 2. The number of hydrogen-bond donors (Lipinski definition) is 1. The molecule has 6 heteroatoms. The molecule has 122 valence electrons. The van der Waals surface area contributed by atoms with Crippen molar-refractivity contribution in [3.8, 4) is 0 Å². The number of rotatable bonds is 0. The first-order valence-corrected chi connectivity index (χ1v) is 7.94. The van der Waals surface area contributed by atoms with Gasteiger partial charge in [0.2, 0.25) is 5.91 Å². The van der Waals surface area contributed by atoms with Gasteiger partial charge in [0.15, 0.2) is 0 Å². The third kappa shape index (κ3) is 7.45. The van der Waals surface area contributed by atoms with Crippen LogP contribution in [0, 0.1) is 0 Å². The Balaban J connectivity index is 0.000000287. The van der Waals surface area contributed by atoms with E-state index >= 15 is 0 Å². The van der Waals surface area contributed by atoms with Crippen LogP contribution in [-0.4, -0.2) is 41.6 Å². The van der Waals surface area contributed by atoms with Crippen molar-refractivity contribution in [2.24, 2.45) is 0 Å². The lowest BCUT2D eigenvalue weighted by Gasteiger charge is -2.32. The zero-order chi connectivity index (χ0) is 16.8. The molecule has 1 saturated heterocycles. The minimum Gasteiger partial charge on any atom is -0.444 e. The summed E-state index contributed by atoms with van der Waals surface area (Å²) in [5.74, 6) is -0.139. The van der Waals surface area contributed by atoms with Gasteiger partial charge in [0, 0.05) is 17.1 Å². The van der Waals surface area contributed by atoms with Crippen LogP contribution in [0.3, 0.4) is 0 Å². The van der Waals surface area contributed by atoms with Crippen LogP contribution in [0.1, 0.15) is 27.7 Å². The second kappa shape index (κ2) is 8.17. The zero-order valence-corrected chi connectivity index (χ0v) is 15.0. The van der Waals surface area contributed by atoms with Crippen molar-refractivity contribution in [3.05, 3.63) is 34.8 Å². The molecule has 2 amide bonds. The number of amides is 2. The van der Waals surface area contributed by atoms with Gasteiger partial charge in [0.05, 0.1) is 0 Å². The van der Waals surface area contributed by atoms with Crippen molar-refractivity contribution in [2.45, 2.75) is 39.3 Å². The first-order chi connectivity index (χ1) is 10.2. The van der Waals surface area contributed by atoms with Crippen molar-refractivity contribution >= 4 is 27.9 Å². The Morgan fingerprint density at radius 2 is 1.91 bits per heavy atom. The van der Waals surface area contributed by atoms with Crippen molar-refractivity contribution in [1.82, 2.24) is 10.2 Å². The monoisotopic (exact) mass is 370 g/mol. The van der Waals surface area contributed by atoms with Crippen molar-refractivity contribution in [1.29, 1.82) is 0 Å². The molecule has 1 aromatic carbocycles. The van der Waals surface area contributed by atoms with Crippen LogP contribution in [-0.2, 0) is 9.53 Å². The molecule has 1 fully saturated rings. The van der Waals surface area contributed by atoms with Gasteiger partial charge in [-0.1, -0.05) is 34.1 Å². The predicted molar refractivity (Wildman–Crippen MR) is 89.6 cm³/mol. The van der Waals surface area contributed by atoms with Crippen LogP contribution in [0.15, 0.2) is 34.8 Å². The molecule has 1 aromatic rings. The van der Waals surface area contributed by atoms with Crippen molar-refractivity contribution < 1.29 is 14.3 Å². The third-order valence-corrected chi connectivity index (χ3v) is 3.15. The van der Waals surface area contributed by atoms with Gasteiger partial charge in [-0.15, -0.1) is 0 Å². The molecule has 2 rings (SSSR count). The maximum absolute atomic E-state index is 11.6. The van der Waals surface area contributed by atoms with Gasteiger partial charge in [-0.3, -0.25) is 9.69 Å². The fourth-order valence-electron chi connectivity index (χ4n) is 1.81. The fraction of sp³-hybridized carbons (Fsp3) is 0.500. The van der Waals surface area contributed by atoms with Crippen LogP contribution >= 0.6 is 15.9 Å². The average molecular weight is 371 g/mol. The summed E-state index contributed by atoms with van der Waals surface area (Å²) in [7, 11) is 0. The molecule has 0 aromatic heterocycles. The first-order valence-electron chi connectivity index (χ1n) is 7.15. The van der Waals surface area contributed by atoms with Crippen LogP contribution < -0.4 is 5.32 Å². The van der Waals surface area contributed by atoms with E-state index in [-0.39, 0.29) is 18.5 Å². The SMILES string of the molecule is Brc1ccccc1.CC1CN(C(=O)OC(C)(C)C)CC(=O)N1. The van der Waals surface area contributed by atoms with Gasteiger partial charge in [-0.2, -0.15) is 0 Å². The van der Waals surface area contributed by atoms with Crippen LogP contribution in [0.4, 0.5) is 4.79 Å². The minimum atomic E-state index is -0.520. The Labute approximate surface area is 140 Å². The molecule has 1 aliphatic heterocycles. The molecular formula is C16H23BrN2O3. The molecule has 1 atom stereocenters. The summed E-state index contributed by atoms with van der Waals surface area (Å²) in [6.07, 6.45) is -0.427. The van der Waals surface area contributed by atoms with Crippen LogP contribution in [0.2, 0.25) is 0 Å². The molecule has 5 nitrogen and oxygen atoms in total. The lowest BCUT2D eigenvalue weighted by molar-refractivity contribution is -0.125. The normalized spacial score (nSPS) is 18.0. The molecule has 22 heavy (non-hydrogen) atoms. The number of nitrogens with one attached hydrogen (secondary N) is 1. The van der Waals surface area contributed by atoms with Gasteiger partial charge >= 0.3 is 6.09 Å². The zero-order valence-electron chi connectivity index (χ0n) is 13.4. The molecule has 1 aliphatic rings. The molecule has 0 bridgehead atoms. The second-order valence-corrected chi connectivity index (χ2v) is 7.04. The molecule has 1 heterocycles. The van der Waals surface area contributed by atoms with E-state index in [1.54, 1.807) is 20.8 Å². The third-order valence-electron chi connectivity index (χ3n) is 2.62. The number of carbonyl (C=O) groups is 2. The maximum atomic E-state index is 11.6. The summed E-state index contributed by atoms with van der Waals surface area (Å²) in [6, 6.07) is 9.96. The number of piperazine rings is 1. The van der Waals surface area contributed by atoms with E-state index < -0.39 is 11.7 Å². The predicted octanol–water partition coefficient (Wildman–Crippen LogP) is 3.19. The van der Waals surface area contributed by atoms with Crippen LogP contribution in [0.5, 0.6) is 0 Å². The highest BCUT2D eigenvalue weighted by Gasteiger charge is 2.28. The number of ether oxygens (including phenoxy) is 1. The van der Waals surface area contributed by atoms with E-state index in [1.165, 1.54) is 4.90 Å². The number of halogens is 1. The van der Waals surface area contributed by atoms with Gasteiger partial charge in [0.25, 0.3) is 0 Å². The molecule has 0 spiro atoms. The topological polar surface area (TPSA) is 58.6 Å². The van der Waals surface area contributed by atoms with E-state index in [0.29, 0.717) is 6.54 Å². The fourth-order valence-corrected chi connectivity index (χ4v) is 2.12. The lowest BCUT2D eigenvalue weighted by atomic mass is 10.2. The highest BCUT2D eigenvalue weighted by molar-refractivity contribution is 9.10. The summed E-state index contributed by atoms with van der Waals surface area (Å²) in [4.78, 5) is 24.2. The summed E-state index contributed by atoms with van der Waals surface area (Å²) in [6.45, 7) is 7.85. The summed E-state index contributed by atoms with van der Waals surface area (Å²) in [5.41, 5.74) is -0.520. The number of hydrogen-bond acceptors (Lipinski definition) is 3. The molecule has 0 saturated carbocycles. The Bertz CT molecular complexity index is 500. The van der Waals surface area contributed by atoms with Gasteiger partial charge < -0.3 is 10.1 Å². The second-order valence-electron chi connectivity index (χ2n) is 6.12. The van der Waals surface area contributed by atoms with Gasteiger partial charge in [0.1, 0.15) is 12.1 Å². The highest BCUT2D eigenvalue weighted by Crippen LogP contribution is 2.11. The number of nitrogens with zero attached hydrogens (tertiary/aromatic N) is 1. The summed E-state index contributed by atoms with van der Waals surface area (Å²) < 4.78 is 6.32. The van der Waals surface area contributed by atoms with E-state index in [9.17, 15) is 9.59 Å². The highest BCUT2D eigenvalue weighted by atomic mass is 79.9.